The number of rotatable bonds is 8. The van der Waals surface area contributed by atoms with Gasteiger partial charge < -0.3 is 15.5 Å². The highest BCUT2D eigenvalue weighted by atomic mass is 127. The van der Waals surface area contributed by atoms with Crippen molar-refractivity contribution in [2.45, 2.75) is 32.1 Å². The minimum absolute atomic E-state index is 0. The van der Waals surface area contributed by atoms with Crippen molar-refractivity contribution < 1.29 is 4.39 Å². The van der Waals surface area contributed by atoms with E-state index in [2.05, 4.69) is 34.3 Å². The molecule has 0 unspecified atom stereocenters. The van der Waals surface area contributed by atoms with Crippen molar-refractivity contribution in [2.24, 2.45) is 4.99 Å². The first-order valence-electron chi connectivity index (χ1n) is 10.4. The molecule has 1 aromatic rings. The van der Waals surface area contributed by atoms with E-state index in [1.54, 1.807) is 12.1 Å². The van der Waals surface area contributed by atoms with E-state index < -0.39 is 0 Å². The Bertz CT molecular complexity index is 627. The highest BCUT2D eigenvalue weighted by Gasteiger charge is 2.45. The van der Waals surface area contributed by atoms with Gasteiger partial charge in [-0.15, -0.1) is 24.0 Å². The van der Waals surface area contributed by atoms with Crippen molar-refractivity contribution in [3.8, 4) is 0 Å². The number of aliphatic imine (C=N–C) groups is 1. The summed E-state index contributed by atoms with van der Waals surface area (Å²) in [5, 5.41) is 6.77. The van der Waals surface area contributed by atoms with Crippen LogP contribution in [0.1, 0.15) is 32.3 Å². The minimum atomic E-state index is -0.107. The number of nitrogens with one attached hydrogen (secondary N) is 2. The van der Waals surface area contributed by atoms with E-state index >= 15 is 0 Å². The number of piperazine rings is 1. The van der Waals surface area contributed by atoms with Crippen LogP contribution in [0.25, 0.3) is 0 Å². The standard InChI is InChI=1S/C21H34FN5.HI/c1-3-23-20(24-11-12-27-15-13-26(4-2)14-16-27)25-17-21(9-10-21)18-7-5-6-8-19(18)22;/h5-8H,3-4,9-17H2,1-2H3,(H2,23,24,25);1H. The number of nitrogens with zero attached hydrogens (tertiary/aromatic N) is 3. The molecule has 1 aliphatic carbocycles. The molecule has 1 saturated heterocycles. The third-order valence-electron chi connectivity index (χ3n) is 5.82. The van der Waals surface area contributed by atoms with E-state index in [1.165, 1.54) is 0 Å². The van der Waals surface area contributed by atoms with E-state index in [0.29, 0.717) is 6.54 Å². The second-order valence-electron chi connectivity index (χ2n) is 7.66. The zero-order valence-corrected chi connectivity index (χ0v) is 19.5. The lowest BCUT2D eigenvalue weighted by Gasteiger charge is -2.34. The van der Waals surface area contributed by atoms with Gasteiger partial charge in [0.2, 0.25) is 0 Å². The summed E-state index contributed by atoms with van der Waals surface area (Å²) in [5.41, 5.74) is 0.711. The van der Waals surface area contributed by atoms with Crippen LogP contribution in [0.3, 0.4) is 0 Å². The van der Waals surface area contributed by atoms with Crippen molar-refractivity contribution in [2.75, 3.05) is 58.9 Å². The van der Waals surface area contributed by atoms with Crippen LogP contribution in [0.4, 0.5) is 4.39 Å². The van der Waals surface area contributed by atoms with E-state index in [1.807, 2.05) is 12.1 Å². The van der Waals surface area contributed by atoms with Gasteiger partial charge >= 0.3 is 0 Å². The Balaban J connectivity index is 0.00000280. The second kappa shape index (κ2) is 11.3. The van der Waals surface area contributed by atoms with Crippen molar-refractivity contribution in [3.05, 3.63) is 35.6 Å². The first kappa shape index (κ1) is 23.3. The summed E-state index contributed by atoms with van der Waals surface area (Å²) in [5.74, 6) is 0.738. The van der Waals surface area contributed by atoms with E-state index in [0.717, 1.165) is 76.7 Å². The van der Waals surface area contributed by atoms with Crippen LogP contribution in [0, 0.1) is 5.82 Å². The third kappa shape index (κ3) is 6.29. The Kier molecular flexibility index (Phi) is 9.43. The van der Waals surface area contributed by atoms with Crippen LogP contribution in [0.5, 0.6) is 0 Å². The van der Waals surface area contributed by atoms with Crippen LogP contribution in [-0.2, 0) is 5.41 Å². The van der Waals surface area contributed by atoms with Crippen molar-refractivity contribution in [3.63, 3.8) is 0 Å². The molecule has 5 nitrogen and oxygen atoms in total. The molecule has 1 saturated carbocycles. The van der Waals surface area contributed by atoms with Gasteiger partial charge in [-0.1, -0.05) is 25.1 Å². The smallest absolute Gasteiger partial charge is 0.191 e. The third-order valence-corrected chi connectivity index (χ3v) is 5.82. The number of guanidine groups is 1. The lowest BCUT2D eigenvalue weighted by atomic mass is 9.95. The summed E-state index contributed by atoms with van der Waals surface area (Å²) >= 11 is 0. The summed E-state index contributed by atoms with van der Waals surface area (Å²) in [4.78, 5) is 9.77. The fourth-order valence-corrected chi connectivity index (χ4v) is 3.79. The molecular formula is C21H35FIN5. The van der Waals surface area contributed by atoms with Gasteiger partial charge in [0, 0.05) is 51.2 Å². The molecule has 1 aliphatic heterocycles. The molecule has 158 valence electrons. The van der Waals surface area contributed by atoms with Gasteiger partial charge in [-0.05, 0) is 37.9 Å². The van der Waals surface area contributed by atoms with Gasteiger partial charge in [0.25, 0.3) is 0 Å². The van der Waals surface area contributed by atoms with Gasteiger partial charge in [-0.2, -0.15) is 0 Å². The topological polar surface area (TPSA) is 42.9 Å². The molecule has 7 heteroatoms. The molecule has 28 heavy (non-hydrogen) atoms. The maximum atomic E-state index is 14.2. The van der Waals surface area contributed by atoms with E-state index in [-0.39, 0.29) is 35.2 Å². The number of benzene rings is 1. The molecule has 2 aliphatic rings. The predicted molar refractivity (Wildman–Crippen MR) is 125 cm³/mol. The summed E-state index contributed by atoms with van der Waals surface area (Å²) in [7, 11) is 0. The van der Waals surface area contributed by atoms with E-state index in [9.17, 15) is 4.39 Å². The van der Waals surface area contributed by atoms with Gasteiger partial charge in [0.1, 0.15) is 5.82 Å². The molecule has 0 amide bonds. The highest BCUT2D eigenvalue weighted by molar-refractivity contribution is 14.0. The molecule has 0 radical (unpaired) electrons. The molecule has 0 spiro atoms. The Hall–Kier alpha value is -0.930. The molecule has 1 heterocycles. The lowest BCUT2D eigenvalue weighted by molar-refractivity contribution is 0.139. The number of likely N-dealkylation sites (N-methyl/N-ethyl adjacent to an activating group) is 1. The summed E-state index contributed by atoms with van der Waals surface area (Å²) < 4.78 is 14.2. The quantitative estimate of drug-likeness (QED) is 0.326. The molecule has 0 bridgehead atoms. The molecular weight excluding hydrogens is 468 g/mol. The zero-order valence-electron chi connectivity index (χ0n) is 17.2. The summed E-state index contributed by atoms with van der Waals surface area (Å²) in [6.45, 7) is 13.4. The van der Waals surface area contributed by atoms with Gasteiger partial charge in [-0.3, -0.25) is 9.89 Å². The first-order valence-corrected chi connectivity index (χ1v) is 10.4. The van der Waals surface area contributed by atoms with Crippen LogP contribution in [0.2, 0.25) is 0 Å². The second-order valence-corrected chi connectivity index (χ2v) is 7.66. The van der Waals surface area contributed by atoms with Crippen molar-refractivity contribution >= 4 is 29.9 Å². The largest absolute Gasteiger partial charge is 0.357 e. The Morgan fingerprint density at radius 1 is 1.07 bits per heavy atom. The number of hydrogen-bond acceptors (Lipinski definition) is 3. The van der Waals surface area contributed by atoms with Crippen LogP contribution >= 0.6 is 24.0 Å². The fourth-order valence-electron chi connectivity index (χ4n) is 3.79. The Morgan fingerprint density at radius 2 is 1.75 bits per heavy atom. The lowest BCUT2D eigenvalue weighted by Crippen LogP contribution is -2.49. The normalized spacial score (nSPS) is 19.8. The van der Waals surface area contributed by atoms with Crippen LogP contribution in [0.15, 0.2) is 29.3 Å². The summed E-state index contributed by atoms with van der Waals surface area (Å²) in [6, 6.07) is 7.14. The Morgan fingerprint density at radius 3 is 2.36 bits per heavy atom. The van der Waals surface area contributed by atoms with Crippen molar-refractivity contribution in [1.82, 2.24) is 20.4 Å². The summed E-state index contributed by atoms with van der Waals surface area (Å²) in [6.07, 6.45) is 2.02. The first-order chi connectivity index (χ1) is 13.2. The molecule has 2 N–H and O–H groups in total. The monoisotopic (exact) mass is 503 g/mol. The van der Waals surface area contributed by atoms with Crippen LogP contribution in [-0.4, -0.2) is 74.7 Å². The average molecular weight is 503 g/mol. The predicted octanol–water partition coefficient (Wildman–Crippen LogP) is 2.67. The van der Waals surface area contributed by atoms with Gasteiger partial charge in [0.05, 0.1) is 6.54 Å². The van der Waals surface area contributed by atoms with Gasteiger partial charge in [-0.25, -0.2) is 4.39 Å². The van der Waals surface area contributed by atoms with Gasteiger partial charge in [0.15, 0.2) is 5.96 Å². The SMILES string of the molecule is CCNC(=NCC1(c2ccccc2F)CC1)NCCN1CCN(CC)CC1.I. The highest BCUT2D eigenvalue weighted by Crippen LogP contribution is 2.49. The molecule has 3 rings (SSSR count). The molecule has 0 atom stereocenters. The zero-order chi connectivity index (χ0) is 19.1. The molecule has 0 aromatic heterocycles. The molecule has 2 fully saturated rings. The maximum Gasteiger partial charge on any atom is 0.191 e. The van der Waals surface area contributed by atoms with Crippen molar-refractivity contribution in [1.29, 1.82) is 0 Å². The maximum absolute atomic E-state index is 14.2. The number of halogens is 2. The number of hydrogen-bond donors (Lipinski definition) is 2. The average Bonchev–Trinajstić information content (AvgIpc) is 3.48. The Labute approximate surface area is 186 Å². The minimum Gasteiger partial charge on any atom is -0.357 e. The fraction of sp³-hybridized carbons (Fsp3) is 0.667. The molecule has 1 aromatic carbocycles. The van der Waals surface area contributed by atoms with Crippen LogP contribution < -0.4 is 10.6 Å². The van der Waals surface area contributed by atoms with E-state index in [4.69, 9.17) is 4.99 Å².